The number of rotatable bonds is 4. The van der Waals surface area contributed by atoms with E-state index in [4.69, 9.17) is 0 Å². The van der Waals surface area contributed by atoms with E-state index in [-0.39, 0.29) is 0 Å². The summed E-state index contributed by atoms with van der Waals surface area (Å²) in [4.78, 5) is 0. The predicted molar refractivity (Wildman–Crippen MR) is 223 cm³/mol. The Hall–Kier alpha value is -6.70. The molecule has 0 aliphatic rings. The van der Waals surface area contributed by atoms with Gasteiger partial charge in [-0.15, -0.1) is 0 Å². The molecule has 1 heteroatoms. The number of hydrogen-bond donors (Lipinski definition) is 0. The van der Waals surface area contributed by atoms with Crippen molar-refractivity contribution in [2.24, 2.45) is 0 Å². The van der Waals surface area contributed by atoms with E-state index in [2.05, 4.69) is 193 Å². The van der Waals surface area contributed by atoms with Crippen LogP contribution in [0.5, 0.6) is 0 Å². The van der Waals surface area contributed by atoms with Crippen LogP contribution in [-0.2, 0) is 0 Å². The lowest BCUT2D eigenvalue weighted by molar-refractivity contribution is 1.18. The van der Waals surface area contributed by atoms with Gasteiger partial charge in [0, 0.05) is 16.5 Å². The van der Waals surface area contributed by atoms with E-state index >= 15 is 0 Å². The van der Waals surface area contributed by atoms with Gasteiger partial charge in [0.1, 0.15) is 0 Å². The summed E-state index contributed by atoms with van der Waals surface area (Å²) < 4.78 is 2.45. The third kappa shape index (κ3) is 4.30. The third-order valence-corrected chi connectivity index (χ3v) is 11.2. The minimum Gasteiger partial charge on any atom is -0.309 e. The van der Waals surface area contributed by atoms with Gasteiger partial charge >= 0.3 is 0 Å². The first kappa shape index (κ1) is 29.1. The molecule has 0 bridgehead atoms. The quantitative estimate of drug-likeness (QED) is 0.166. The average Bonchev–Trinajstić information content (AvgIpc) is 3.54. The Kier molecular flexibility index (Phi) is 6.23. The average molecular weight is 660 g/mol. The highest BCUT2D eigenvalue weighted by Gasteiger charge is 2.18. The van der Waals surface area contributed by atoms with E-state index in [1.807, 2.05) is 0 Å². The molecule has 242 valence electrons. The molecule has 52 heavy (non-hydrogen) atoms. The van der Waals surface area contributed by atoms with Crippen molar-refractivity contribution < 1.29 is 0 Å². The van der Waals surface area contributed by atoms with Crippen molar-refractivity contribution in [3.8, 4) is 39.1 Å². The maximum Gasteiger partial charge on any atom is 0.0541 e. The molecular formula is C51H33N. The van der Waals surface area contributed by atoms with E-state index in [9.17, 15) is 0 Å². The summed E-state index contributed by atoms with van der Waals surface area (Å²) in [6, 6.07) is 67.6. The summed E-state index contributed by atoms with van der Waals surface area (Å²) in [5.41, 5.74) is 12.3. The zero-order valence-corrected chi connectivity index (χ0v) is 28.8. The Morgan fingerprint density at radius 1 is 0.327 bits per heavy atom. The molecule has 0 fully saturated rings. The molecule has 0 saturated carbocycles. The normalized spacial score (nSPS) is 11.9. The lowest BCUT2D eigenvalue weighted by atomic mass is 9.86. The maximum atomic E-state index is 2.45. The number of fused-ring (bicyclic) bond motifs is 4. The summed E-state index contributed by atoms with van der Waals surface area (Å²) in [5.74, 6) is 0. The minimum atomic E-state index is 1.16. The van der Waals surface area contributed by atoms with E-state index < -0.39 is 0 Å². The van der Waals surface area contributed by atoms with Crippen molar-refractivity contribution in [1.29, 1.82) is 0 Å². The fraction of sp³-hybridized carbons (Fsp3) is 0.0196. The molecule has 0 radical (unpaired) electrons. The molecule has 10 aromatic carbocycles. The highest BCUT2D eigenvalue weighted by Crippen LogP contribution is 2.44. The first-order valence-corrected chi connectivity index (χ1v) is 18.1. The van der Waals surface area contributed by atoms with Gasteiger partial charge < -0.3 is 4.57 Å². The van der Waals surface area contributed by atoms with E-state index in [0.717, 1.165) is 5.69 Å². The van der Waals surface area contributed by atoms with Crippen LogP contribution < -0.4 is 0 Å². The second kappa shape index (κ2) is 11.2. The van der Waals surface area contributed by atoms with Crippen molar-refractivity contribution in [2.45, 2.75) is 6.92 Å². The van der Waals surface area contributed by atoms with E-state index in [0.29, 0.717) is 0 Å². The smallest absolute Gasteiger partial charge is 0.0541 e. The molecule has 1 nitrogen and oxygen atoms in total. The summed E-state index contributed by atoms with van der Waals surface area (Å²) in [5, 5.41) is 12.8. The van der Waals surface area contributed by atoms with Crippen LogP contribution in [-0.4, -0.2) is 4.57 Å². The molecule has 11 aromatic rings. The Balaban J connectivity index is 1.22. The molecule has 1 heterocycles. The van der Waals surface area contributed by atoms with Gasteiger partial charge in [-0.2, -0.15) is 0 Å². The largest absolute Gasteiger partial charge is 0.309 e. The van der Waals surface area contributed by atoms with Gasteiger partial charge in [-0.1, -0.05) is 157 Å². The second-order valence-electron chi connectivity index (χ2n) is 14.2. The monoisotopic (exact) mass is 659 g/mol. The number of nitrogens with zero attached hydrogens (tertiary/aromatic N) is 1. The highest BCUT2D eigenvalue weighted by molar-refractivity contribution is 6.27. The van der Waals surface area contributed by atoms with E-state index in [1.54, 1.807) is 0 Å². The molecule has 0 spiro atoms. The van der Waals surface area contributed by atoms with Crippen molar-refractivity contribution in [1.82, 2.24) is 4.57 Å². The third-order valence-electron chi connectivity index (χ3n) is 11.2. The summed E-state index contributed by atoms with van der Waals surface area (Å²) in [6.07, 6.45) is 0. The standard InChI is InChI=1S/C51H33N/c1-32-17-19-34(20-18-32)42-25-21-35-24-28-47-43(26-22-36-23-27-46(42)50(35)51(36)47)38-29-37(41-14-8-10-33-9-2-3-11-40(33)41)30-39(31-38)52-48-15-6-4-12-44(48)45-13-5-7-16-49(45)52/h2-31H,1H3. The van der Waals surface area contributed by atoms with Gasteiger partial charge in [0.15, 0.2) is 0 Å². The highest BCUT2D eigenvalue weighted by atomic mass is 15.0. The van der Waals surface area contributed by atoms with Crippen LogP contribution in [0.15, 0.2) is 182 Å². The Morgan fingerprint density at radius 3 is 1.46 bits per heavy atom. The number of benzene rings is 10. The zero-order valence-electron chi connectivity index (χ0n) is 28.8. The van der Waals surface area contributed by atoms with Gasteiger partial charge in [-0.3, -0.25) is 0 Å². The molecule has 0 aliphatic heterocycles. The molecular weight excluding hydrogens is 627 g/mol. The molecule has 0 N–H and O–H groups in total. The number of aromatic nitrogens is 1. The van der Waals surface area contributed by atoms with Crippen LogP contribution in [0.4, 0.5) is 0 Å². The van der Waals surface area contributed by atoms with Crippen molar-refractivity contribution in [2.75, 3.05) is 0 Å². The first-order chi connectivity index (χ1) is 25.7. The predicted octanol–water partition coefficient (Wildman–Crippen LogP) is 14.1. The van der Waals surface area contributed by atoms with E-state index in [1.165, 1.54) is 104 Å². The van der Waals surface area contributed by atoms with Gasteiger partial charge in [-0.25, -0.2) is 0 Å². The van der Waals surface area contributed by atoms with Crippen molar-refractivity contribution >= 4 is 64.9 Å². The topological polar surface area (TPSA) is 4.93 Å². The summed E-state index contributed by atoms with van der Waals surface area (Å²) in [7, 11) is 0. The molecule has 11 rings (SSSR count). The van der Waals surface area contributed by atoms with Crippen LogP contribution in [0.3, 0.4) is 0 Å². The molecule has 0 aliphatic carbocycles. The zero-order chi connectivity index (χ0) is 34.3. The SMILES string of the molecule is Cc1ccc(-c2ccc3ccc4c(-c5cc(-c6cccc7ccccc67)cc(-n6c7ccccc7c7ccccc76)c5)ccc5ccc2c3c54)cc1. The molecule has 0 atom stereocenters. The van der Waals surface area contributed by atoms with Crippen LogP contribution in [0.25, 0.3) is 104 Å². The molecule has 1 aromatic heterocycles. The maximum absolute atomic E-state index is 2.45. The second-order valence-corrected chi connectivity index (χ2v) is 14.2. The van der Waals surface area contributed by atoms with Gasteiger partial charge in [0.05, 0.1) is 11.0 Å². The minimum absolute atomic E-state index is 1.16. The lowest BCUT2D eigenvalue weighted by Gasteiger charge is -2.18. The van der Waals surface area contributed by atoms with Crippen LogP contribution in [0.1, 0.15) is 5.56 Å². The fourth-order valence-corrected chi connectivity index (χ4v) is 8.77. The van der Waals surface area contributed by atoms with Crippen LogP contribution in [0, 0.1) is 6.92 Å². The summed E-state index contributed by atoms with van der Waals surface area (Å²) >= 11 is 0. The van der Waals surface area contributed by atoms with Crippen LogP contribution in [0.2, 0.25) is 0 Å². The molecule has 0 saturated heterocycles. The van der Waals surface area contributed by atoms with Crippen molar-refractivity contribution in [3.05, 3.63) is 188 Å². The molecule has 0 unspecified atom stereocenters. The Labute approximate surface area is 302 Å². The Bertz CT molecular complexity index is 3120. The number of hydrogen-bond acceptors (Lipinski definition) is 0. The van der Waals surface area contributed by atoms with Crippen molar-refractivity contribution in [3.63, 3.8) is 0 Å². The van der Waals surface area contributed by atoms with Crippen LogP contribution >= 0.6 is 0 Å². The first-order valence-electron chi connectivity index (χ1n) is 18.1. The Morgan fingerprint density at radius 2 is 0.827 bits per heavy atom. The lowest BCUT2D eigenvalue weighted by Crippen LogP contribution is -1.96. The number of para-hydroxylation sites is 2. The van der Waals surface area contributed by atoms with Gasteiger partial charge in [-0.05, 0) is 114 Å². The molecule has 0 amide bonds. The van der Waals surface area contributed by atoms with Gasteiger partial charge in [0.25, 0.3) is 0 Å². The van der Waals surface area contributed by atoms with Gasteiger partial charge in [0.2, 0.25) is 0 Å². The summed E-state index contributed by atoms with van der Waals surface area (Å²) in [6.45, 7) is 2.15. The fourth-order valence-electron chi connectivity index (χ4n) is 8.77. The number of aryl methyl sites for hydroxylation is 1.